The van der Waals surface area contributed by atoms with Gasteiger partial charge in [-0.1, -0.05) is 30.3 Å². The van der Waals surface area contributed by atoms with Gasteiger partial charge in [-0.2, -0.15) is 0 Å². The molecule has 0 spiro atoms. The summed E-state index contributed by atoms with van der Waals surface area (Å²) in [6.07, 6.45) is 1.65. The van der Waals surface area contributed by atoms with Crippen LogP contribution in [0.1, 0.15) is 18.4 Å². The van der Waals surface area contributed by atoms with Crippen LogP contribution in [0.3, 0.4) is 0 Å². The Morgan fingerprint density at radius 2 is 2.12 bits per heavy atom. The molecule has 0 aromatic heterocycles. The minimum Gasteiger partial charge on any atom is -0.384 e. The lowest BCUT2D eigenvalue weighted by Gasteiger charge is -2.38. The van der Waals surface area contributed by atoms with Gasteiger partial charge in [-0.15, -0.1) is 0 Å². The van der Waals surface area contributed by atoms with Crippen molar-refractivity contribution < 1.29 is 14.3 Å². The third-order valence-corrected chi connectivity index (χ3v) is 5.44. The lowest BCUT2D eigenvalue weighted by molar-refractivity contribution is -0.139. The van der Waals surface area contributed by atoms with E-state index in [0.29, 0.717) is 26.3 Å². The van der Waals surface area contributed by atoms with Gasteiger partial charge in [0, 0.05) is 38.7 Å². The van der Waals surface area contributed by atoms with Crippen molar-refractivity contribution in [3.63, 3.8) is 0 Å². The molecule has 1 aromatic rings. The van der Waals surface area contributed by atoms with Crippen LogP contribution in [0.4, 0.5) is 0 Å². The van der Waals surface area contributed by atoms with Crippen LogP contribution >= 0.6 is 0 Å². The second kappa shape index (κ2) is 9.46. The Morgan fingerprint density at radius 3 is 2.85 bits per heavy atom. The highest BCUT2D eigenvalue weighted by Gasteiger charge is 2.34. The Morgan fingerprint density at radius 1 is 1.35 bits per heavy atom. The predicted octanol–water partition coefficient (Wildman–Crippen LogP) is 1.02. The predicted molar refractivity (Wildman–Crippen MR) is 101 cm³/mol. The fourth-order valence-electron chi connectivity index (χ4n) is 3.87. The third-order valence-electron chi connectivity index (χ3n) is 5.44. The van der Waals surface area contributed by atoms with Gasteiger partial charge in [-0.25, -0.2) is 0 Å². The van der Waals surface area contributed by atoms with E-state index in [-0.39, 0.29) is 11.3 Å². The van der Waals surface area contributed by atoms with Gasteiger partial charge in [0.2, 0.25) is 5.91 Å². The second-order valence-corrected chi connectivity index (χ2v) is 7.48. The van der Waals surface area contributed by atoms with Crippen LogP contribution in [0.2, 0.25) is 0 Å². The Kier molecular flexibility index (Phi) is 7.02. The Hall–Kier alpha value is -1.47. The number of hydrogen-bond acceptors (Lipinski definition) is 5. The van der Waals surface area contributed by atoms with Crippen molar-refractivity contribution in [1.29, 1.82) is 0 Å². The smallest absolute Gasteiger partial charge is 0.250 e. The zero-order valence-corrected chi connectivity index (χ0v) is 15.7. The molecule has 1 amide bonds. The SMILES string of the molecule is COCC1(CNC(=O)C2CN(Cc3ccccc3)CCO2)CCNCC1. The quantitative estimate of drug-likeness (QED) is 0.759. The van der Waals surface area contributed by atoms with E-state index in [1.165, 1.54) is 5.56 Å². The van der Waals surface area contributed by atoms with Crippen molar-refractivity contribution in [3.05, 3.63) is 35.9 Å². The average molecular weight is 361 g/mol. The molecule has 2 aliphatic heterocycles. The van der Waals surface area contributed by atoms with E-state index in [1.807, 2.05) is 18.2 Å². The van der Waals surface area contributed by atoms with Gasteiger partial charge in [0.25, 0.3) is 0 Å². The molecule has 26 heavy (non-hydrogen) atoms. The monoisotopic (exact) mass is 361 g/mol. The summed E-state index contributed by atoms with van der Waals surface area (Å²) in [4.78, 5) is 15.0. The summed E-state index contributed by atoms with van der Waals surface area (Å²) in [6.45, 7) is 6.23. The largest absolute Gasteiger partial charge is 0.384 e. The zero-order valence-electron chi connectivity index (χ0n) is 15.7. The Labute approximate surface area is 156 Å². The normalized spacial score (nSPS) is 23.5. The molecule has 1 unspecified atom stereocenters. The third kappa shape index (κ3) is 5.27. The number of nitrogens with zero attached hydrogens (tertiary/aromatic N) is 1. The van der Waals surface area contributed by atoms with E-state index in [1.54, 1.807) is 7.11 Å². The molecular formula is C20H31N3O3. The number of morpholine rings is 1. The molecule has 6 nitrogen and oxygen atoms in total. The van der Waals surface area contributed by atoms with Gasteiger partial charge < -0.3 is 20.1 Å². The molecule has 0 radical (unpaired) electrons. The number of ether oxygens (including phenoxy) is 2. The minimum atomic E-state index is -0.395. The molecule has 144 valence electrons. The summed E-state index contributed by atoms with van der Waals surface area (Å²) in [5.41, 5.74) is 1.30. The van der Waals surface area contributed by atoms with Gasteiger partial charge in [-0.05, 0) is 31.5 Å². The van der Waals surface area contributed by atoms with Crippen LogP contribution in [-0.2, 0) is 20.8 Å². The number of hydrogen-bond donors (Lipinski definition) is 2. The van der Waals surface area contributed by atoms with Crippen LogP contribution in [0.5, 0.6) is 0 Å². The molecule has 3 rings (SSSR count). The van der Waals surface area contributed by atoms with Crippen LogP contribution in [0.15, 0.2) is 30.3 Å². The van der Waals surface area contributed by atoms with E-state index < -0.39 is 6.10 Å². The molecule has 1 atom stereocenters. The fourth-order valence-corrected chi connectivity index (χ4v) is 3.87. The van der Waals surface area contributed by atoms with Crippen LogP contribution in [0.25, 0.3) is 0 Å². The zero-order chi connectivity index (χ0) is 18.2. The number of methoxy groups -OCH3 is 1. The standard InChI is InChI=1S/C20H31N3O3/c1-25-16-20(7-9-21-10-8-20)15-22-19(24)18-14-23(11-12-26-18)13-17-5-3-2-4-6-17/h2-6,18,21H,7-16H2,1H3,(H,22,24). The second-order valence-electron chi connectivity index (χ2n) is 7.48. The summed E-state index contributed by atoms with van der Waals surface area (Å²) in [7, 11) is 1.73. The summed E-state index contributed by atoms with van der Waals surface area (Å²) < 4.78 is 11.2. The number of amides is 1. The average Bonchev–Trinajstić information content (AvgIpc) is 2.68. The van der Waals surface area contributed by atoms with Crippen molar-refractivity contribution >= 4 is 5.91 Å². The van der Waals surface area contributed by atoms with E-state index in [2.05, 4.69) is 27.7 Å². The van der Waals surface area contributed by atoms with Gasteiger partial charge in [0.1, 0.15) is 6.10 Å². The molecule has 2 N–H and O–H groups in total. The topological polar surface area (TPSA) is 62.8 Å². The van der Waals surface area contributed by atoms with Gasteiger partial charge in [-0.3, -0.25) is 9.69 Å². The lowest BCUT2D eigenvalue weighted by atomic mass is 9.79. The van der Waals surface area contributed by atoms with Crippen LogP contribution in [-0.4, -0.2) is 70.0 Å². The van der Waals surface area contributed by atoms with Gasteiger partial charge in [0.05, 0.1) is 13.2 Å². The van der Waals surface area contributed by atoms with Crippen molar-refractivity contribution in [2.45, 2.75) is 25.5 Å². The number of piperidine rings is 1. The molecule has 6 heteroatoms. The van der Waals surface area contributed by atoms with Crippen LogP contribution < -0.4 is 10.6 Å². The maximum Gasteiger partial charge on any atom is 0.250 e. The first kappa shape index (κ1) is 19.3. The number of nitrogens with one attached hydrogen (secondary N) is 2. The van der Waals surface area contributed by atoms with Crippen molar-refractivity contribution in [1.82, 2.24) is 15.5 Å². The molecule has 2 saturated heterocycles. The summed E-state index contributed by atoms with van der Waals surface area (Å²) in [5, 5.41) is 6.51. The maximum atomic E-state index is 12.7. The van der Waals surface area contributed by atoms with E-state index in [0.717, 1.165) is 39.0 Å². The van der Waals surface area contributed by atoms with Crippen molar-refractivity contribution in [2.75, 3.05) is 53.0 Å². The first-order valence-electron chi connectivity index (χ1n) is 9.56. The highest BCUT2D eigenvalue weighted by molar-refractivity contribution is 5.81. The first-order chi connectivity index (χ1) is 12.7. The highest BCUT2D eigenvalue weighted by atomic mass is 16.5. The number of carbonyl (C=O) groups is 1. The summed E-state index contributed by atoms with van der Waals surface area (Å²) in [6, 6.07) is 10.4. The van der Waals surface area contributed by atoms with Crippen molar-refractivity contribution in [3.8, 4) is 0 Å². The molecular weight excluding hydrogens is 330 g/mol. The number of benzene rings is 1. The van der Waals surface area contributed by atoms with E-state index in [9.17, 15) is 4.79 Å². The molecule has 2 aliphatic rings. The van der Waals surface area contributed by atoms with Gasteiger partial charge in [0.15, 0.2) is 0 Å². The highest BCUT2D eigenvalue weighted by Crippen LogP contribution is 2.28. The maximum absolute atomic E-state index is 12.7. The van der Waals surface area contributed by atoms with Gasteiger partial charge >= 0.3 is 0 Å². The fraction of sp³-hybridized carbons (Fsp3) is 0.650. The first-order valence-corrected chi connectivity index (χ1v) is 9.56. The van der Waals surface area contributed by atoms with E-state index >= 15 is 0 Å². The number of carbonyl (C=O) groups excluding carboxylic acids is 1. The van der Waals surface area contributed by atoms with Crippen LogP contribution in [0, 0.1) is 5.41 Å². The summed E-state index contributed by atoms with van der Waals surface area (Å²) >= 11 is 0. The lowest BCUT2D eigenvalue weighted by Crippen LogP contribution is -2.53. The Balaban J connectivity index is 1.50. The van der Waals surface area contributed by atoms with Crippen molar-refractivity contribution in [2.24, 2.45) is 5.41 Å². The molecule has 0 bridgehead atoms. The molecule has 0 aliphatic carbocycles. The summed E-state index contributed by atoms with van der Waals surface area (Å²) in [5.74, 6) is -0.00299. The minimum absolute atomic E-state index is 0.00299. The molecule has 1 aromatic carbocycles. The molecule has 2 fully saturated rings. The molecule has 2 heterocycles. The molecule has 0 saturated carbocycles. The van der Waals surface area contributed by atoms with E-state index in [4.69, 9.17) is 9.47 Å². The Bertz CT molecular complexity index is 555. The number of rotatable bonds is 7.